The van der Waals surface area contributed by atoms with Crippen molar-refractivity contribution < 1.29 is 23.9 Å². The molecule has 7 nitrogen and oxygen atoms in total. The number of carbonyl (C=O) groups is 3. The van der Waals surface area contributed by atoms with Gasteiger partial charge in [0.15, 0.2) is 11.4 Å². The molecule has 1 N–H and O–H groups in total. The van der Waals surface area contributed by atoms with Crippen LogP contribution in [0.1, 0.15) is 6.92 Å². The number of para-hydroxylation sites is 1. The van der Waals surface area contributed by atoms with E-state index in [0.717, 1.165) is 11.8 Å². The maximum absolute atomic E-state index is 12.5. The number of rotatable bonds is 6. The Kier molecular flexibility index (Phi) is 6.29. The van der Waals surface area contributed by atoms with Crippen LogP contribution in [0.4, 0.5) is 0 Å². The van der Waals surface area contributed by atoms with Gasteiger partial charge in [0.05, 0.1) is 0 Å². The second-order valence-corrected chi connectivity index (χ2v) is 10.6. The fourth-order valence-corrected chi connectivity index (χ4v) is 4.57. The number of alkyl halides is 3. The lowest BCUT2D eigenvalue weighted by atomic mass is 10.0. The number of carbonyl (C=O) groups excluding carboxylic acids is 3. The lowest BCUT2D eigenvalue weighted by Crippen LogP contribution is -2.67. The van der Waals surface area contributed by atoms with Gasteiger partial charge in [-0.1, -0.05) is 59.6 Å². The predicted octanol–water partition coefficient (Wildman–Crippen LogP) is 2.65. The number of hydrogen-bond donors (Lipinski definition) is 1. The van der Waals surface area contributed by atoms with Crippen molar-refractivity contribution in [3.63, 3.8) is 0 Å². The van der Waals surface area contributed by atoms with Crippen molar-refractivity contribution in [3.05, 3.63) is 42.6 Å². The molecular weight excluding hydrogens is 463 g/mol. The Balaban J connectivity index is 1.58. The molecule has 0 radical (unpaired) electrons. The third-order valence-electron chi connectivity index (χ3n) is 4.43. The molecule has 11 heteroatoms. The number of ether oxygens (including phenoxy) is 2. The second-order valence-electron chi connectivity index (χ2n) is 6.53. The van der Waals surface area contributed by atoms with Crippen molar-refractivity contribution in [1.29, 1.82) is 0 Å². The number of nitrogens with one attached hydrogen (secondary N) is 1. The van der Waals surface area contributed by atoms with Crippen LogP contribution in [0, 0.1) is 0 Å². The second kappa shape index (κ2) is 8.26. The molecule has 2 aliphatic rings. The van der Waals surface area contributed by atoms with Crippen molar-refractivity contribution >= 4 is 64.3 Å². The largest absolute Gasteiger partial charge is 0.484 e. The Morgan fingerprint density at radius 2 is 1.97 bits per heavy atom. The lowest BCUT2D eigenvalue weighted by molar-refractivity contribution is -0.148. The first-order valence-corrected chi connectivity index (χ1v) is 10.5. The summed E-state index contributed by atoms with van der Waals surface area (Å²) in [6, 6.07) is 8.03. The minimum Gasteiger partial charge on any atom is -0.484 e. The molecule has 0 saturated carbocycles. The smallest absolute Gasteiger partial charge is 0.328 e. The quantitative estimate of drug-likeness (QED) is 0.384. The fraction of sp³-hybridized carbons (Fsp3) is 0.389. The first-order chi connectivity index (χ1) is 13.5. The van der Waals surface area contributed by atoms with Crippen molar-refractivity contribution in [2.45, 2.75) is 26.9 Å². The van der Waals surface area contributed by atoms with E-state index in [2.05, 4.69) is 11.9 Å². The van der Waals surface area contributed by atoms with E-state index in [1.807, 2.05) is 6.07 Å². The van der Waals surface area contributed by atoms with Crippen LogP contribution in [-0.2, 0) is 19.1 Å². The number of β-lactam (4-membered cyclic amide) rings is 1. The van der Waals surface area contributed by atoms with Crippen LogP contribution in [0.2, 0.25) is 0 Å². The molecule has 2 aliphatic heterocycles. The highest BCUT2D eigenvalue weighted by Crippen LogP contribution is 2.53. The van der Waals surface area contributed by atoms with Gasteiger partial charge < -0.3 is 14.8 Å². The van der Waals surface area contributed by atoms with Crippen LogP contribution in [-0.4, -0.2) is 55.9 Å². The molecule has 0 aromatic heterocycles. The lowest BCUT2D eigenvalue weighted by Gasteiger charge is -2.41. The molecule has 1 aromatic carbocycles. The average molecular weight is 480 g/mol. The number of thioether (sulfide) groups is 1. The Morgan fingerprint density at radius 1 is 1.31 bits per heavy atom. The highest BCUT2D eigenvalue weighted by molar-refractivity contribution is 8.02. The third kappa shape index (κ3) is 4.60. The van der Waals surface area contributed by atoms with Crippen molar-refractivity contribution in [3.8, 4) is 5.75 Å². The SMILES string of the molecule is C=C1N2C(=O)C(NC(=O)COc3ccccc3)[C@H]2SC1(C)C(=O)OCC(Cl)(Cl)Cl. The van der Waals surface area contributed by atoms with Crippen LogP contribution in [0.5, 0.6) is 5.75 Å². The Bertz CT molecular complexity index is 848. The molecule has 0 bridgehead atoms. The van der Waals surface area contributed by atoms with Crippen LogP contribution in [0.3, 0.4) is 0 Å². The molecule has 3 atom stereocenters. The van der Waals surface area contributed by atoms with E-state index in [4.69, 9.17) is 44.3 Å². The molecule has 156 valence electrons. The fourth-order valence-electron chi connectivity index (χ4n) is 2.88. The number of fused-ring (bicyclic) bond motifs is 1. The molecular formula is C18H17Cl3N2O5S. The highest BCUT2D eigenvalue weighted by Gasteiger charge is 2.63. The topological polar surface area (TPSA) is 84.9 Å². The summed E-state index contributed by atoms with van der Waals surface area (Å²) in [5, 5.41) is 2.14. The van der Waals surface area contributed by atoms with Crippen LogP contribution in [0.15, 0.2) is 42.6 Å². The van der Waals surface area contributed by atoms with E-state index in [1.165, 1.54) is 4.90 Å². The summed E-state index contributed by atoms with van der Waals surface area (Å²) in [6.07, 6.45) is 0. The van der Waals surface area contributed by atoms with Gasteiger partial charge in [0.2, 0.25) is 3.79 Å². The highest BCUT2D eigenvalue weighted by atomic mass is 35.6. The average Bonchev–Trinajstić information content (AvgIpc) is 2.91. The molecule has 1 aromatic rings. The summed E-state index contributed by atoms with van der Waals surface area (Å²) in [4.78, 5) is 38.5. The summed E-state index contributed by atoms with van der Waals surface area (Å²) >= 11 is 18.0. The summed E-state index contributed by atoms with van der Waals surface area (Å²) in [5.41, 5.74) is 0.262. The van der Waals surface area contributed by atoms with E-state index in [9.17, 15) is 14.4 Å². The van der Waals surface area contributed by atoms with Gasteiger partial charge in [-0.25, -0.2) is 0 Å². The summed E-state index contributed by atoms with van der Waals surface area (Å²) in [5.74, 6) is -0.959. The van der Waals surface area contributed by atoms with Gasteiger partial charge >= 0.3 is 5.97 Å². The first kappa shape index (κ1) is 22.1. The molecule has 3 rings (SSSR count). The van der Waals surface area contributed by atoms with Gasteiger partial charge in [0, 0.05) is 5.70 Å². The predicted molar refractivity (Wildman–Crippen MR) is 111 cm³/mol. The summed E-state index contributed by atoms with van der Waals surface area (Å²) < 4.78 is 7.45. The zero-order valence-corrected chi connectivity index (χ0v) is 18.3. The van der Waals surface area contributed by atoms with Crippen LogP contribution in [0.25, 0.3) is 0 Å². The maximum Gasteiger partial charge on any atom is 0.328 e. The van der Waals surface area contributed by atoms with Gasteiger partial charge in [-0.2, -0.15) is 0 Å². The van der Waals surface area contributed by atoms with Crippen molar-refractivity contribution in [2.75, 3.05) is 13.2 Å². The Hall–Kier alpha value is -1.61. The van der Waals surface area contributed by atoms with E-state index in [0.29, 0.717) is 5.75 Å². The third-order valence-corrected chi connectivity index (χ3v) is 6.35. The zero-order chi connectivity index (χ0) is 21.4. The minimum atomic E-state index is -1.75. The standard InChI is InChI=1S/C18H17Cl3N2O5S/c1-10-17(2,16(26)28-9-18(19,20)21)29-15-13(14(25)23(10)15)22-12(24)8-27-11-6-4-3-5-7-11/h3-7,13,15H,1,8-9H2,2H3,(H,22,24)/t13?,15-,17?/m1/s1. The van der Waals surface area contributed by atoms with Gasteiger partial charge in [0.1, 0.15) is 23.8 Å². The van der Waals surface area contributed by atoms with Gasteiger partial charge in [-0.15, -0.1) is 11.8 Å². The van der Waals surface area contributed by atoms with Crippen molar-refractivity contribution in [2.24, 2.45) is 0 Å². The van der Waals surface area contributed by atoms with Crippen molar-refractivity contribution in [1.82, 2.24) is 10.2 Å². The van der Waals surface area contributed by atoms with Crippen LogP contribution < -0.4 is 10.1 Å². The maximum atomic E-state index is 12.5. The monoisotopic (exact) mass is 478 g/mol. The van der Waals surface area contributed by atoms with E-state index >= 15 is 0 Å². The molecule has 2 saturated heterocycles. The normalized spacial score (nSPS) is 25.9. The first-order valence-electron chi connectivity index (χ1n) is 8.44. The van der Waals surface area contributed by atoms with Gasteiger partial charge in [0.25, 0.3) is 11.8 Å². The van der Waals surface area contributed by atoms with Gasteiger partial charge in [-0.3, -0.25) is 19.3 Å². The minimum absolute atomic E-state index is 0.241. The molecule has 29 heavy (non-hydrogen) atoms. The summed E-state index contributed by atoms with van der Waals surface area (Å²) in [6.45, 7) is 4.74. The number of esters is 1. The van der Waals surface area contributed by atoms with Crippen LogP contribution >= 0.6 is 46.6 Å². The zero-order valence-electron chi connectivity index (χ0n) is 15.2. The number of amides is 2. The molecule has 2 fully saturated rings. The number of benzene rings is 1. The number of halogens is 3. The van der Waals surface area contributed by atoms with E-state index in [-0.39, 0.29) is 18.2 Å². The van der Waals surface area contributed by atoms with Gasteiger partial charge in [-0.05, 0) is 19.1 Å². The molecule has 0 spiro atoms. The molecule has 2 unspecified atom stereocenters. The van der Waals surface area contributed by atoms with E-state index in [1.54, 1.807) is 31.2 Å². The summed E-state index contributed by atoms with van der Waals surface area (Å²) in [7, 11) is 0. The molecule has 2 amide bonds. The number of nitrogens with zero attached hydrogens (tertiary/aromatic N) is 1. The van der Waals surface area contributed by atoms with E-state index < -0.39 is 38.4 Å². The number of hydrogen-bond acceptors (Lipinski definition) is 6. The molecule has 2 heterocycles. The Morgan fingerprint density at radius 3 is 2.59 bits per heavy atom. The Labute approximate surface area is 186 Å². The molecule has 0 aliphatic carbocycles.